The van der Waals surface area contributed by atoms with E-state index >= 15 is 0 Å². The first kappa shape index (κ1) is 15.5. The van der Waals surface area contributed by atoms with Crippen molar-refractivity contribution in [3.63, 3.8) is 0 Å². The molecule has 1 heterocycles. The van der Waals surface area contributed by atoms with Crippen LogP contribution in [0.4, 0.5) is 10.5 Å². The van der Waals surface area contributed by atoms with Gasteiger partial charge in [0.1, 0.15) is 5.82 Å². The van der Waals surface area contributed by atoms with Crippen LogP contribution in [0.3, 0.4) is 0 Å². The molecule has 0 saturated carbocycles. The van der Waals surface area contributed by atoms with E-state index in [1.165, 1.54) is 0 Å². The van der Waals surface area contributed by atoms with Gasteiger partial charge in [-0.1, -0.05) is 12.1 Å². The van der Waals surface area contributed by atoms with Crippen LogP contribution < -0.4 is 16.4 Å². The van der Waals surface area contributed by atoms with Crippen molar-refractivity contribution in [3.8, 4) is 0 Å². The Hall–Kier alpha value is -3.35. The number of H-pyrrole nitrogens is 1. The Morgan fingerprint density at radius 2 is 1.83 bits per heavy atom. The van der Waals surface area contributed by atoms with Crippen molar-refractivity contribution in [3.05, 3.63) is 59.9 Å². The number of aromatic nitrogens is 2. The maximum atomic E-state index is 12.3. The van der Waals surface area contributed by atoms with E-state index in [0.717, 1.165) is 11.0 Å². The van der Waals surface area contributed by atoms with Gasteiger partial charge in [0, 0.05) is 11.3 Å². The number of benzene rings is 2. The number of nitrogens with one attached hydrogen (secondary N) is 3. The molecular weight excluding hydrogens is 306 g/mol. The van der Waals surface area contributed by atoms with Gasteiger partial charge in [-0.25, -0.2) is 9.78 Å². The van der Waals surface area contributed by atoms with Crippen molar-refractivity contribution in [2.24, 2.45) is 5.73 Å². The van der Waals surface area contributed by atoms with Gasteiger partial charge in [0.05, 0.1) is 17.1 Å². The molecule has 0 aliphatic carbocycles. The van der Waals surface area contributed by atoms with E-state index < -0.39 is 6.03 Å². The topological polar surface area (TPSA) is 113 Å². The standard InChI is InChI=1S/C17H17N5O2/c1-10(15-21-13-4-2-3-5-14(13)22-15)19-16(23)11-6-8-12(9-7-11)20-17(18)24/h2-10H,1H3,(H,19,23)(H,21,22)(H3,18,20,24). The van der Waals surface area contributed by atoms with E-state index in [1.54, 1.807) is 24.3 Å². The largest absolute Gasteiger partial charge is 0.351 e. The smallest absolute Gasteiger partial charge is 0.316 e. The van der Waals surface area contributed by atoms with Crippen molar-refractivity contribution in [2.75, 3.05) is 5.32 Å². The van der Waals surface area contributed by atoms with Gasteiger partial charge in [-0.2, -0.15) is 0 Å². The van der Waals surface area contributed by atoms with Crippen molar-refractivity contribution < 1.29 is 9.59 Å². The van der Waals surface area contributed by atoms with Gasteiger partial charge in [-0.3, -0.25) is 4.79 Å². The molecule has 122 valence electrons. The summed E-state index contributed by atoms with van der Waals surface area (Å²) in [7, 11) is 0. The summed E-state index contributed by atoms with van der Waals surface area (Å²) >= 11 is 0. The third-order valence-corrected chi connectivity index (χ3v) is 3.58. The number of hydrogen-bond donors (Lipinski definition) is 4. The number of nitrogens with zero attached hydrogens (tertiary/aromatic N) is 1. The number of carbonyl (C=O) groups is 2. The fraction of sp³-hybridized carbons (Fsp3) is 0.118. The number of imidazole rings is 1. The van der Waals surface area contributed by atoms with Crippen molar-refractivity contribution >= 4 is 28.7 Å². The van der Waals surface area contributed by atoms with Crippen molar-refractivity contribution in [1.29, 1.82) is 0 Å². The van der Waals surface area contributed by atoms with Crippen molar-refractivity contribution in [1.82, 2.24) is 15.3 Å². The second-order valence-corrected chi connectivity index (χ2v) is 5.40. The van der Waals surface area contributed by atoms with E-state index in [9.17, 15) is 9.59 Å². The van der Waals surface area contributed by atoms with Crippen LogP contribution >= 0.6 is 0 Å². The second-order valence-electron chi connectivity index (χ2n) is 5.40. The number of para-hydroxylation sites is 2. The molecule has 1 atom stereocenters. The fourth-order valence-electron chi connectivity index (χ4n) is 2.37. The van der Waals surface area contributed by atoms with E-state index in [2.05, 4.69) is 20.6 Å². The number of rotatable bonds is 4. The predicted molar refractivity (Wildman–Crippen MR) is 91.6 cm³/mol. The normalized spacial score (nSPS) is 11.9. The Morgan fingerprint density at radius 3 is 2.50 bits per heavy atom. The summed E-state index contributed by atoms with van der Waals surface area (Å²) in [6, 6.07) is 13.2. The highest BCUT2D eigenvalue weighted by molar-refractivity contribution is 5.95. The summed E-state index contributed by atoms with van der Waals surface area (Å²) in [6.45, 7) is 1.86. The van der Waals surface area contributed by atoms with Crippen LogP contribution in [-0.2, 0) is 0 Å². The first-order valence-electron chi connectivity index (χ1n) is 7.45. The summed E-state index contributed by atoms with van der Waals surface area (Å²) in [5, 5.41) is 5.33. The number of anilines is 1. The molecule has 0 aliphatic heterocycles. The first-order valence-corrected chi connectivity index (χ1v) is 7.45. The summed E-state index contributed by atoms with van der Waals surface area (Å²) in [5.74, 6) is 0.463. The summed E-state index contributed by atoms with van der Waals surface area (Å²) in [5.41, 5.74) is 7.84. The Kier molecular flexibility index (Phi) is 4.15. The quantitative estimate of drug-likeness (QED) is 0.591. The Bertz CT molecular complexity index is 852. The van der Waals surface area contributed by atoms with Gasteiger partial charge in [0.15, 0.2) is 0 Å². The number of carbonyl (C=O) groups excluding carboxylic acids is 2. The molecule has 0 spiro atoms. The molecule has 1 unspecified atom stereocenters. The molecule has 0 radical (unpaired) electrons. The van der Waals surface area contributed by atoms with Crippen LogP contribution in [0, 0.1) is 0 Å². The van der Waals surface area contributed by atoms with Gasteiger partial charge in [-0.15, -0.1) is 0 Å². The third-order valence-electron chi connectivity index (χ3n) is 3.58. The molecule has 0 bridgehead atoms. The number of aromatic amines is 1. The number of primary amides is 1. The zero-order chi connectivity index (χ0) is 17.1. The van der Waals surface area contributed by atoms with Crippen LogP contribution in [0.1, 0.15) is 29.1 Å². The molecule has 7 heteroatoms. The molecule has 0 saturated heterocycles. The van der Waals surface area contributed by atoms with E-state index in [-0.39, 0.29) is 11.9 Å². The average Bonchev–Trinajstić information content (AvgIpc) is 2.99. The minimum atomic E-state index is -0.647. The molecule has 3 rings (SSSR count). The highest BCUT2D eigenvalue weighted by Gasteiger charge is 2.14. The molecule has 5 N–H and O–H groups in total. The van der Waals surface area contributed by atoms with Gasteiger partial charge in [0.2, 0.25) is 0 Å². The highest BCUT2D eigenvalue weighted by atomic mass is 16.2. The lowest BCUT2D eigenvalue weighted by Crippen LogP contribution is -2.27. The molecular formula is C17H17N5O2. The lowest BCUT2D eigenvalue weighted by Gasteiger charge is -2.11. The monoisotopic (exact) mass is 323 g/mol. The van der Waals surface area contributed by atoms with Gasteiger partial charge in [0.25, 0.3) is 5.91 Å². The van der Waals surface area contributed by atoms with Gasteiger partial charge in [-0.05, 0) is 43.3 Å². The Balaban J connectivity index is 1.70. The molecule has 1 aromatic heterocycles. The summed E-state index contributed by atoms with van der Waals surface area (Å²) < 4.78 is 0. The number of amides is 3. The minimum absolute atomic E-state index is 0.228. The Morgan fingerprint density at radius 1 is 1.12 bits per heavy atom. The molecule has 2 aromatic carbocycles. The number of hydrogen-bond acceptors (Lipinski definition) is 3. The van der Waals surface area contributed by atoms with E-state index in [4.69, 9.17) is 5.73 Å². The highest BCUT2D eigenvalue weighted by Crippen LogP contribution is 2.16. The van der Waals surface area contributed by atoms with Crippen LogP contribution in [0.2, 0.25) is 0 Å². The lowest BCUT2D eigenvalue weighted by molar-refractivity contribution is 0.0938. The molecule has 0 aliphatic rings. The molecule has 3 amide bonds. The van der Waals surface area contributed by atoms with Crippen molar-refractivity contribution in [2.45, 2.75) is 13.0 Å². The third kappa shape index (κ3) is 3.35. The SMILES string of the molecule is CC(NC(=O)c1ccc(NC(N)=O)cc1)c1nc2ccccc2[nH]1. The number of urea groups is 1. The van der Waals surface area contributed by atoms with E-state index in [1.807, 2.05) is 31.2 Å². The zero-order valence-corrected chi connectivity index (χ0v) is 13.0. The average molecular weight is 323 g/mol. The molecule has 0 fully saturated rings. The molecule has 3 aromatic rings. The summed E-state index contributed by atoms with van der Waals surface area (Å²) in [4.78, 5) is 30.8. The fourth-order valence-corrected chi connectivity index (χ4v) is 2.37. The Labute approximate surface area is 138 Å². The van der Waals surface area contributed by atoms with E-state index in [0.29, 0.717) is 17.1 Å². The number of fused-ring (bicyclic) bond motifs is 1. The maximum absolute atomic E-state index is 12.3. The van der Waals surface area contributed by atoms with Crippen LogP contribution in [0.25, 0.3) is 11.0 Å². The van der Waals surface area contributed by atoms with Gasteiger partial charge < -0.3 is 21.4 Å². The van der Waals surface area contributed by atoms with Crippen LogP contribution in [0.5, 0.6) is 0 Å². The minimum Gasteiger partial charge on any atom is -0.351 e. The number of nitrogens with two attached hydrogens (primary N) is 1. The lowest BCUT2D eigenvalue weighted by atomic mass is 10.2. The maximum Gasteiger partial charge on any atom is 0.316 e. The summed E-state index contributed by atoms with van der Waals surface area (Å²) in [6.07, 6.45) is 0. The first-order chi connectivity index (χ1) is 11.5. The van der Waals surface area contributed by atoms with Crippen LogP contribution in [0.15, 0.2) is 48.5 Å². The molecule has 7 nitrogen and oxygen atoms in total. The van der Waals surface area contributed by atoms with Gasteiger partial charge >= 0.3 is 6.03 Å². The second kappa shape index (κ2) is 6.41. The molecule has 24 heavy (non-hydrogen) atoms. The predicted octanol–water partition coefficient (Wildman–Crippen LogP) is 2.54. The zero-order valence-electron chi connectivity index (χ0n) is 13.0. The van der Waals surface area contributed by atoms with Crippen LogP contribution in [-0.4, -0.2) is 21.9 Å².